The number of pyridine rings is 1. The van der Waals surface area contributed by atoms with Crippen LogP contribution in [0.2, 0.25) is 5.02 Å². The van der Waals surface area contributed by atoms with Gasteiger partial charge in [-0.15, -0.1) is 0 Å². The summed E-state index contributed by atoms with van der Waals surface area (Å²) in [7, 11) is 0. The van der Waals surface area contributed by atoms with Crippen LogP contribution < -0.4 is 0 Å². The van der Waals surface area contributed by atoms with Gasteiger partial charge in [0.1, 0.15) is 6.04 Å². The van der Waals surface area contributed by atoms with Crippen LogP contribution in [0.15, 0.2) is 30.5 Å². The molecule has 4 nitrogen and oxygen atoms in total. The minimum absolute atomic E-state index is 0.395. The van der Waals surface area contributed by atoms with Crippen LogP contribution in [-0.4, -0.2) is 33.5 Å². The maximum Gasteiger partial charge on any atom is 0.320 e. The molecule has 0 bridgehead atoms. The fourth-order valence-electron chi connectivity index (χ4n) is 3.00. The van der Waals surface area contributed by atoms with E-state index in [2.05, 4.69) is 4.98 Å². The molecule has 5 heteroatoms. The van der Waals surface area contributed by atoms with Crippen LogP contribution in [0.1, 0.15) is 24.8 Å². The second-order valence-electron chi connectivity index (χ2n) is 5.43. The zero-order chi connectivity index (χ0) is 14.8. The second kappa shape index (κ2) is 6.00. The number of fused-ring (bicyclic) bond motifs is 1. The monoisotopic (exact) mass is 304 g/mol. The maximum atomic E-state index is 11.4. The number of likely N-dealkylation sites (tertiary alicyclic amines) is 1. The number of aliphatic carboxylic acids is 1. The van der Waals surface area contributed by atoms with Gasteiger partial charge in [0.15, 0.2) is 0 Å². The van der Waals surface area contributed by atoms with Crippen molar-refractivity contribution in [2.24, 2.45) is 0 Å². The highest BCUT2D eigenvalue weighted by atomic mass is 35.5. The Labute approximate surface area is 128 Å². The molecular formula is C16H17ClN2O2. The van der Waals surface area contributed by atoms with Crippen LogP contribution in [0.3, 0.4) is 0 Å². The highest BCUT2D eigenvalue weighted by Crippen LogP contribution is 2.27. The highest BCUT2D eigenvalue weighted by molar-refractivity contribution is 6.35. The molecule has 21 heavy (non-hydrogen) atoms. The van der Waals surface area contributed by atoms with Gasteiger partial charge in [0.25, 0.3) is 0 Å². The van der Waals surface area contributed by atoms with Gasteiger partial charge in [-0.05, 0) is 43.1 Å². The van der Waals surface area contributed by atoms with Crippen molar-refractivity contribution in [1.29, 1.82) is 0 Å². The Morgan fingerprint density at radius 2 is 2.24 bits per heavy atom. The van der Waals surface area contributed by atoms with E-state index in [0.29, 0.717) is 18.0 Å². The van der Waals surface area contributed by atoms with E-state index in [4.69, 9.17) is 11.6 Å². The maximum absolute atomic E-state index is 11.4. The lowest BCUT2D eigenvalue weighted by Crippen LogP contribution is -2.44. The average Bonchev–Trinajstić information content (AvgIpc) is 2.51. The Morgan fingerprint density at radius 3 is 3.05 bits per heavy atom. The Bertz CT molecular complexity index is 674. The molecule has 0 amide bonds. The van der Waals surface area contributed by atoms with Gasteiger partial charge >= 0.3 is 5.97 Å². The van der Waals surface area contributed by atoms with Crippen LogP contribution in [-0.2, 0) is 11.3 Å². The van der Waals surface area contributed by atoms with E-state index in [1.807, 2.05) is 29.2 Å². The second-order valence-corrected chi connectivity index (χ2v) is 5.83. The predicted molar refractivity (Wildman–Crippen MR) is 82.4 cm³/mol. The fourth-order valence-corrected chi connectivity index (χ4v) is 3.22. The van der Waals surface area contributed by atoms with Gasteiger partial charge in [0, 0.05) is 23.2 Å². The molecule has 0 aliphatic carbocycles. The van der Waals surface area contributed by atoms with Crippen molar-refractivity contribution in [2.45, 2.75) is 31.8 Å². The van der Waals surface area contributed by atoms with Crippen LogP contribution in [0.5, 0.6) is 0 Å². The fraction of sp³-hybridized carbons (Fsp3) is 0.375. The zero-order valence-electron chi connectivity index (χ0n) is 11.6. The Kier molecular flexibility index (Phi) is 4.08. The van der Waals surface area contributed by atoms with Crippen LogP contribution >= 0.6 is 11.6 Å². The molecule has 0 radical (unpaired) electrons. The first-order chi connectivity index (χ1) is 10.2. The van der Waals surface area contributed by atoms with Crippen molar-refractivity contribution in [3.05, 3.63) is 41.0 Å². The molecule has 3 rings (SSSR count). The third-order valence-corrected chi connectivity index (χ3v) is 4.40. The van der Waals surface area contributed by atoms with Crippen LogP contribution in [0, 0.1) is 0 Å². The number of aromatic nitrogens is 1. The van der Waals surface area contributed by atoms with Crippen molar-refractivity contribution in [3.8, 4) is 0 Å². The van der Waals surface area contributed by atoms with E-state index < -0.39 is 12.0 Å². The quantitative estimate of drug-likeness (QED) is 0.945. The van der Waals surface area contributed by atoms with Crippen molar-refractivity contribution < 1.29 is 9.90 Å². The van der Waals surface area contributed by atoms with Gasteiger partial charge in [-0.25, -0.2) is 0 Å². The molecule has 1 saturated heterocycles. The minimum atomic E-state index is -0.735. The Morgan fingerprint density at radius 1 is 1.38 bits per heavy atom. The average molecular weight is 305 g/mol. The van der Waals surface area contributed by atoms with E-state index in [1.54, 1.807) is 6.20 Å². The van der Waals surface area contributed by atoms with E-state index in [9.17, 15) is 9.90 Å². The van der Waals surface area contributed by atoms with Gasteiger partial charge in [-0.2, -0.15) is 0 Å². The summed E-state index contributed by atoms with van der Waals surface area (Å²) >= 11 is 6.20. The molecule has 1 aliphatic rings. The number of carbonyl (C=O) groups is 1. The normalized spacial score (nSPS) is 19.8. The van der Waals surface area contributed by atoms with Gasteiger partial charge in [-0.3, -0.25) is 14.7 Å². The molecule has 2 aromatic rings. The molecule has 1 atom stereocenters. The summed E-state index contributed by atoms with van der Waals surface area (Å²) in [4.78, 5) is 17.8. The van der Waals surface area contributed by atoms with E-state index in [-0.39, 0.29) is 0 Å². The molecule has 2 heterocycles. The largest absolute Gasteiger partial charge is 0.480 e. The van der Waals surface area contributed by atoms with Crippen molar-refractivity contribution in [3.63, 3.8) is 0 Å². The summed E-state index contributed by atoms with van der Waals surface area (Å²) in [5.74, 6) is -0.735. The molecule has 110 valence electrons. The number of rotatable bonds is 3. The smallest absolute Gasteiger partial charge is 0.320 e. The molecular weight excluding hydrogens is 288 g/mol. The first-order valence-corrected chi connectivity index (χ1v) is 7.53. The van der Waals surface area contributed by atoms with E-state index in [1.165, 1.54) is 0 Å². The summed E-state index contributed by atoms with van der Waals surface area (Å²) in [5.41, 5.74) is 1.89. The van der Waals surface area contributed by atoms with Gasteiger partial charge in [-0.1, -0.05) is 24.1 Å². The van der Waals surface area contributed by atoms with Crippen LogP contribution in [0.25, 0.3) is 10.9 Å². The van der Waals surface area contributed by atoms with Gasteiger partial charge < -0.3 is 5.11 Å². The number of carboxylic acids is 1. The first-order valence-electron chi connectivity index (χ1n) is 7.16. The zero-order valence-corrected chi connectivity index (χ0v) is 12.4. The first kappa shape index (κ1) is 14.3. The molecule has 1 N–H and O–H groups in total. The van der Waals surface area contributed by atoms with Crippen molar-refractivity contribution >= 4 is 28.5 Å². The highest BCUT2D eigenvalue weighted by Gasteiger charge is 2.28. The lowest BCUT2D eigenvalue weighted by atomic mass is 10.0. The molecule has 1 unspecified atom stereocenters. The standard InChI is InChI=1S/C16H17ClN2O2/c17-13-7-6-11(15-12(13)4-3-8-18-15)10-19-9-2-1-5-14(19)16(20)21/h3-4,6-8,14H,1-2,5,9-10H2,(H,20,21). The van der Waals surface area contributed by atoms with Crippen LogP contribution in [0.4, 0.5) is 0 Å². The Hall–Kier alpha value is -1.65. The number of hydrogen-bond donors (Lipinski definition) is 1. The van der Waals surface area contributed by atoms with E-state index >= 15 is 0 Å². The Balaban J connectivity index is 1.94. The minimum Gasteiger partial charge on any atom is -0.480 e. The summed E-state index contributed by atoms with van der Waals surface area (Å²) in [6.45, 7) is 1.41. The summed E-state index contributed by atoms with van der Waals surface area (Å²) in [5, 5.41) is 11.0. The molecule has 1 aromatic heterocycles. The number of benzene rings is 1. The summed E-state index contributed by atoms with van der Waals surface area (Å²) < 4.78 is 0. The number of carboxylic acid groups (broad SMARTS) is 1. The SMILES string of the molecule is O=C(O)C1CCCCN1Cc1ccc(Cl)c2cccnc12. The lowest BCUT2D eigenvalue weighted by Gasteiger charge is -2.33. The topological polar surface area (TPSA) is 53.4 Å². The molecule has 0 saturated carbocycles. The summed E-state index contributed by atoms with van der Waals surface area (Å²) in [6.07, 6.45) is 4.48. The number of halogens is 1. The predicted octanol–water partition coefficient (Wildman–Crippen LogP) is 3.33. The number of hydrogen-bond acceptors (Lipinski definition) is 3. The molecule has 1 fully saturated rings. The summed E-state index contributed by atoms with van der Waals surface area (Å²) in [6, 6.07) is 7.22. The molecule has 0 spiro atoms. The molecule has 1 aliphatic heterocycles. The van der Waals surface area contributed by atoms with Crippen molar-refractivity contribution in [2.75, 3.05) is 6.54 Å². The van der Waals surface area contributed by atoms with Gasteiger partial charge in [0.2, 0.25) is 0 Å². The third-order valence-electron chi connectivity index (χ3n) is 4.07. The lowest BCUT2D eigenvalue weighted by molar-refractivity contribution is -0.144. The van der Waals surface area contributed by atoms with E-state index in [0.717, 1.165) is 35.9 Å². The number of piperidine rings is 1. The van der Waals surface area contributed by atoms with Gasteiger partial charge in [0.05, 0.1) is 5.52 Å². The van der Waals surface area contributed by atoms with Crippen molar-refractivity contribution in [1.82, 2.24) is 9.88 Å². The number of nitrogens with zero attached hydrogens (tertiary/aromatic N) is 2. The molecule has 1 aromatic carbocycles. The third kappa shape index (κ3) is 2.87.